The third-order valence-electron chi connectivity index (χ3n) is 0.177. The second-order valence-corrected chi connectivity index (χ2v) is 2.83. The maximum atomic E-state index is 9.44. The topological polar surface area (TPSA) is 101 Å². The molecule has 0 bridgehead atoms. The molecule has 0 aromatic rings. The first-order valence-electron chi connectivity index (χ1n) is 1.31. The van der Waals surface area contributed by atoms with Crippen molar-refractivity contribution < 1.29 is 26.1 Å². The van der Waals surface area contributed by atoms with Crippen LogP contribution in [0.1, 0.15) is 0 Å². The van der Waals surface area contributed by atoms with Crippen molar-refractivity contribution in [1.82, 2.24) is 0 Å². The molecule has 0 aliphatic carbocycles. The summed E-state index contributed by atoms with van der Waals surface area (Å²) in [7, 11) is -8.32. The van der Waals surface area contributed by atoms with Crippen LogP contribution in [0, 0.1) is 0 Å². The third kappa shape index (κ3) is 11.6. The van der Waals surface area contributed by atoms with Crippen LogP contribution in [-0.2, 0) is 18.7 Å². The number of rotatable bonds is 2. The Bertz CT molecular complexity index is 179. The lowest BCUT2D eigenvalue weighted by Gasteiger charge is -1.88. The van der Waals surface area contributed by atoms with E-state index >= 15 is 0 Å². The van der Waals surface area contributed by atoms with Gasteiger partial charge in [0.25, 0.3) is 0 Å². The van der Waals surface area contributed by atoms with E-state index < -0.39 is 19.6 Å². The second kappa shape index (κ2) is 3.97. The average molecular weight is 188 g/mol. The van der Waals surface area contributed by atoms with Gasteiger partial charge in [0, 0.05) is 0 Å². The molecule has 6 nitrogen and oxygen atoms in total. The highest BCUT2D eigenvalue weighted by atomic mass is 32.3. The van der Waals surface area contributed by atoms with E-state index in [1.807, 2.05) is 0 Å². The number of hydrogen-bond acceptors (Lipinski definition) is 4. The summed E-state index contributed by atoms with van der Waals surface area (Å²) in [5.41, 5.74) is 0. The van der Waals surface area contributed by atoms with Gasteiger partial charge < -0.3 is 8.67 Å². The van der Waals surface area contributed by atoms with Crippen molar-refractivity contribution in [3.05, 3.63) is 0 Å². The van der Waals surface area contributed by atoms with Crippen LogP contribution in [0.3, 0.4) is 0 Å². The highest BCUT2D eigenvalue weighted by Gasteiger charge is 2.14. The molecule has 9 heteroatoms. The summed E-state index contributed by atoms with van der Waals surface area (Å²) in [6.07, 6.45) is 0. The number of hydrogen-bond donors (Lipinski definition) is 2. The Hall–Kier alpha value is 0.0594. The van der Waals surface area contributed by atoms with Gasteiger partial charge in [0.05, 0.1) is 0 Å². The first-order valence-corrected chi connectivity index (χ1v) is 3.94. The van der Waals surface area contributed by atoms with Crippen LogP contribution in [-0.4, -0.2) is 44.3 Å². The molecule has 0 unspecified atom stereocenters. The molecule has 9 heavy (non-hydrogen) atoms. The molecule has 2 N–H and O–H groups in total. The molecule has 0 saturated heterocycles. The normalized spacial score (nSPS) is 9.44. The van der Waals surface area contributed by atoms with E-state index in [1.165, 1.54) is 0 Å². The minimum Gasteiger partial charge on any atom is -0.511 e. The fraction of sp³-hybridized carbons (Fsp3) is 0. The first-order chi connectivity index (χ1) is 3.42. The summed E-state index contributed by atoms with van der Waals surface area (Å²) in [6.45, 7) is 0. The van der Waals surface area contributed by atoms with E-state index in [9.17, 15) is 12.9 Å². The molecule has 0 aromatic carbocycles. The maximum Gasteiger partial charge on any atom is 0.782 e. The molecule has 0 radical (unpaired) electrons. The Kier molecular flexibility index (Phi) is 5.21. The smallest absolute Gasteiger partial charge is 0.511 e. The van der Waals surface area contributed by atoms with Gasteiger partial charge in [-0.1, -0.05) is 0 Å². The predicted octanol–water partition coefficient (Wildman–Crippen LogP) is -2.97. The minimum absolute atomic E-state index is 0. The van der Waals surface area contributed by atoms with Gasteiger partial charge in [0.1, 0.15) is 0 Å². The highest BCUT2D eigenvalue weighted by Crippen LogP contribution is 1.80. The molecule has 0 spiro atoms. The van der Waals surface area contributed by atoms with Crippen LogP contribution in [0.15, 0.2) is 0 Å². The third-order valence-corrected chi connectivity index (χ3v) is 1.59. The lowest BCUT2D eigenvalue weighted by Crippen LogP contribution is -2.12. The summed E-state index contributed by atoms with van der Waals surface area (Å²) >= 11 is 0. The molecule has 0 aliphatic heterocycles. The largest absolute Gasteiger partial charge is 0.782 e. The van der Waals surface area contributed by atoms with Crippen LogP contribution in [0.5, 0.6) is 0 Å². The summed E-state index contributed by atoms with van der Waals surface area (Å²) in [5, 5.41) is 0. The Morgan fingerprint density at radius 2 is 1.78 bits per heavy atom. The Morgan fingerprint density at radius 3 is 1.78 bits per heavy atom. The summed E-state index contributed by atoms with van der Waals surface area (Å²) in [6, 6.07) is 0. The lowest BCUT2D eigenvalue weighted by molar-refractivity contribution is 0.308. The molecule has 0 fully saturated rings. The summed E-state index contributed by atoms with van der Waals surface area (Å²) in [5.74, 6) is 0. The van der Waals surface area contributed by atoms with E-state index in [2.05, 4.69) is 3.87 Å². The van der Waals surface area contributed by atoms with E-state index in [-0.39, 0.29) is 17.4 Å². The average Bonchev–Trinajstić information content (AvgIpc) is 1.21. The molecule has 0 atom stereocenters. The zero-order valence-electron chi connectivity index (χ0n) is 3.44. The first kappa shape index (κ1) is 11.8. The zero-order chi connectivity index (χ0) is 6.78. The molecular formula is H5AlO6SSi. The van der Waals surface area contributed by atoms with Crippen molar-refractivity contribution in [3.63, 3.8) is 0 Å². The Labute approximate surface area is 63.4 Å². The molecular weight excluding hydrogens is 183 g/mol. The van der Waals surface area contributed by atoms with Crippen molar-refractivity contribution in [2.75, 3.05) is 0 Å². The van der Waals surface area contributed by atoms with Gasteiger partial charge in [-0.3, -0.25) is 9.01 Å². The summed E-state index contributed by atoms with van der Waals surface area (Å²) < 4.78 is 39.0. The fourth-order valence-corrected chi connectivity index (χ4v) is 0.811. The van der Waals surface area contributed by atoms with Gasteiger partial charge in [0.2, 0.25) is 0 Å². The van der Waals surface area contributed by atoms with Crippen LogP contribution < -0.4 is 0 Å². The maximum absolute atomic E-state index is 9.44. The van der Waals surface area contributed by atoms with Crippen molar-refractivity contribution in [2.45, 2.75) is 0 Å². The van der Waals surface area contributed by atoms with Crippen molar-refractivity contribution in [1.29, 1.82) is 0 Å². The fourth-order valence-electron chi connectivity index (χ4n) is 0.0901. The van der Waals surface area contributed by atoms with Gasteiger partial charge in [-0.2, -0.15) is 8.42 Å². The van der Waals surface area contributed by atoms with Gasteiger partial charge in [-0.05, 0) is 0 Å². The van der Waals surface area contributed by atoms with Gasteiger partial charge >= 0.3 is 19.6 Å². The van der Waals surface area contributed by atoms with Gasteiger partial charge in [0.15, 0.2) is 17.4 Å². The lowest BCUT2D eigenvalue weighted by atomic mass is 15.7. The molecule has 0 aromatic heterocycles. The zero-order valence-corrected chi connectivity index (χ0v) is 5.25. The monoisotopic (exact) mass is 188 g/mol. The molecule has 0 rings (SSSR count). The van der Waals surface area contributed by atoms with Crippen molar-refractivity contribution in [3.8, 4) is 0 Å². The van der Waals surface area contributed by atoms with E-state index in [1.54, 1.807) is 0 Å². The van der Waals surface area contributed by atoms with E-state index in [0.717, 1.165) is 0 Å². The van der Waals surface area contributed by atoms with Crippen molar-refractivity contribution >= 4 is 36.9 Å². The van der Waals surface area contributed by atoms with Crippen LogP contribution in [0.25, 0.3) is 0 Å². The van der Waals surface area contributed by atoms with Gasteiger partial charge in [-0.15, -0.1) is 0 Å². The Morgan fingerprint density at radius 1 is 1.44 bits per heavy atom. The standard InChI is InChI=1S/Al.H2O6SSi.3H/c;1-7(2,3)6-8(4)5;;;/h;4H,(H,1,2,3);;;. The van der Waals surface area contributed by atoms with Crippen LogP contribution in [0.4, 0.5) is 0 Å². The molecule has 54 valence electrons. The predicted molar refractivity (Wildman–Crippen MR) is 31.2 cm³/mol. The second-order valence-electron chi connectivity index (χ2n) is 0.777. The van der Waals surface area contributed by atoms with Crippen molar-refractivity contribution in [2.24, 2.45) is 0 Å². The van der Waals surface area contributed by atoms with Crippen LogP contribution >= 0.6 is 0 Å². The highest BCUT2D eigenvalue weighted by molar-refractivity contribution is 7.81. The van der Waals surface area contributed by atoms with Gasteiger partial charge in [-0.25, -0.2) is 0 Å². The minimum atomic E-state index is -4.74. The quantitative estimate of drug-likeness (QED) is 0.354. The Balaban J connectivity index is 0. The van der Waals surface area contributed by atoms with E-state index in [0.29, 0.717) is 0 Å². The van der Waals surface area contributed by atoms with Crippen LogP contribution in [0.2, 0.25) is 0 Å². The molecule has 0 heterocycles. The summed E-state index contributed by atoms with van der Waals surface area (Å²) in [4.78, 5) is 7.67. The molecule has 0 saturated carbocycles. The SMILES string of the molecule is O=[Si](O)OS(=O)(=O)O.[AlH3]. The van der Waals surface area contributed by atoms with E-state index in [4.69, 9.17) is 9.35 Å². The molecule has 0 amide bonds. The molecule has 0 aliphatic rings.